The lowest BCUT2D eigenvalue weighted by Gasteiger charge is -2.14. The Kier molecular flexibility index (Phi) is 10.6. The molecule has 0 bridgehead atoms. The van der Waals surface area contributed by atoms with Gasteiger partial charge in [0.2, 0.25) is 11.9 Å². The molecule has 0 saturated carbocycles. The molecule has 0 aliphatic heterocycles. The highest BCUT2D eigenvalue weighted by molar-refractivity contribution is 7.92. The molecular weight excluding hydrogens is 503 g/mol. The fraction of sp³-hybridized carbons (Fsp3) is 0.208. The van der Waals surface area contributed by atoms with E-state index in [1.807, 2.05) is 30.3 Å². The van der Waals surface area contributed by atoms with E-state index in [9.17, 15) is 18.0 Å². The molecule has 1 aromatic heterocycles. The molecule has 0 spiro atoms. The molecule has 3 aromatic rings. The Morgan fingerprint density at radius 3 is 2.30 bits per heavy atom. The molecule has 0 atom stereocenters. The fourth-order valence-electron chi connectivity index (χ4n) is 3.16. The number of nitrogens with two attached hydrogens (primary N) is 2. The third-order valence-corrected chi connectivity index (χ3v) is 6.28. The maximum absolute atomic E-state index is 12.9. The number of amides is 1. The number of aryl methyl sites for hydroxylation is 1. The Balaban J connectivity index is 0.00000235. The van der Waals surface area contributed by atoms with Crippen LogP contribution in [0.1, 0.15) is 13.1 Å². The molecule has 13 heteroatoms. The van der Waals surface area contributed by atoms with E-state index < -0.39 is 21.5 Å². The minimum atomic E-state index is -4.03. The van der Waals surface area contributed by atoms with Crippen molar-refractivity contribution < 1.29 is 22.8 Å². The molecule has 37 heavy (non-hydrogen) atoms. The lowest BCUT2D eigenvalue weighted by Crippen LogP contribution is -2.36. The molecule has 0 unspecified atom stereocenters. The monoisotopic (exact) mass is 536 g/mol. The highest BCUT2D eigenvalue weighted by Gasteiger charge is 2.18. The van der Waals surface area contributed by atoms with Gasteiger partial charge in [-0.15, -0.1) is 0 Å². The van der Waals surface area contributed by atoms with Crippen molar-refractivity contribution in [2.24, 2.45) is 16.6 Å². The summed E-state index contributed by atoms with van der Waals surface area (Å²) in [5.41, 5.74) is 11.7. The minimum absolute atomic E-state index is 0. The number of guanidine groups is 1. The van der Waals surface area contributed by atoms with Crippen LogP contribution in [0.15, 0.2) is 81.6 Å². The summed E-state index contributed by atoms with van der Waals surface area (Å²) in [6.45, 7) is 1.46. The summed E-state index contributed by atoms with van der Waals surface area (Å²) in [6, 6.07) is 18.8. The zero-order chi connectivity index (χ0) is 27.4. The summed E-state index contributed by atoms with van der Waals surface area (Å²) >= 11 is 0. The van der Waals surface area contributed by atoms with Gasteiger partial charge in [0.05, 0.1) is 11.4 Å². The van der Waals surface area contributed by atoms with Crippen LogP contribution < -0.4 is 27.1 Å². The van der Waals surface area contributed by atoms with Gasteiger partial charge in [-0.05, 0) is 47.5 Å². The van der Waals surface area contributed by atoms with Crippen LogP contribution in [0.5, 0.6) is 0 Å². The van der Waals surface area contributed by atoms with Crippen LogP contribution in [0.2, 0.25) is 0 Å². The van der Waals surface area contributed by atoms with Crippen LogP contribution in [0, 0.1) is 6.92 Å². The molecule has 3 rings (SSSR count). The van der Waals surface area contributed by atoms with Gasteiger partial charge >= 0.3 is 0 Å². The van der Waals surface area contributed by atoms with Crippen LogP contribution in [-0.4, -0.2) is 39.5 Å². The average molecular weight is 537 g/mol. The molecular formula is C24H31FN6O5S. The van der Waals surface area contributed by atoms with Crippen molar-refractivity contribution in [3.05, 3.63) is 82.8 Å². The first-order valence-electron chi connectivity index (χ1n) is 10.9. The largest absolute Gasteiger partial charge is 0.391 e. The number of nitrogens with zero attached hydrogens (tertiary/aromatic N) is 2. The third kappa shape index (κ3) is 8.35. The van der Waals surface area contributed by atoms with Crippen LogP contribution in [-0.2, 0) is 26.2 Å². The summed E-state index contributed by atoms with van der Waals surface area (Å²) in [7, 11) is -4.03. The summed E-state index contributed by atoms with van der Waals surface area (Å²) in [5.74, 6) is -0.718. The predicted octanol–water partition coefficient (Wildman–Crippen LogP) is 1.73. The molecule has 0 aliphatic carbocycles. The molecule has 1 heterocycles. The number of rotatable bonds is 10. The SMILES string of the molecule is C.Cc1ccc(NS(=O)(=O)c2ccc(-c3ccccc3)cc2)c(=O)n1CC(=O)NCCON=C(N)N.[3H]F. The second-order valence-electron chi connectivity index (χ2n) is 7.47. The number of pyridine rings is 1. The molecule has 0 aliphatic rings. The zero-order valence-corrected chi connectivity index (χ0v) is 20.2. The van der Waals surface area contributed by atoms with Crippen LogP contribution in [0.3, 0.4) is 0 Å². The van der Waals surface area contributed by atoms with E-state index in [1.165, 1.54) is 22.8 Å². The number of aromatic nitrogens is 1. The van der Waals surface area contributed by atoms with Crippen molar-refractivity contribution in [2.75, 3.05) is 17.9 Å². The first-order chi connectivity index (χ1) is 17.7. The summed E-state index contributed by atoms with van der Waals surface area (Å²) < 4.78 is 42.3. The van der Waals surface area contributed by atoms with Crippen LogP contribution >= 0.6 is 0 Å². The minimum Gasteiger partial charge on any atom is -0.391 e. The van der Waals surface area contributed by atoms with Crippen molar-refractivity contribution in [3.8, 4) is 11.1 Å². The van der Waals surface area contributed by atoms with Gasteiger partial charge in [-0.3, -0.25) is 19.0 Å². The maximum atomic E-state index is 12.9. The number of hydrogen-bond donors (Lipinski definition) is 4. The summed E-state index contributed by atoms with van der Waals surface area (Å²) in [5, 5.41) is 5.88. The lowest BCUT2D eigenvalue weighted by atomic mass is 10.1. The second-order valence-corrected chi connectivity index (χ2v) is 9.16. The van der Waals surface area contributed by atoms with Crippen LogP contribution in [0.4, 0.5) is 10.4 Å². The number of oxime groups is 1. The van der Waals surface area contributed by atoms with Gasteiger partial charge in [-0.25, -0.2) is 8.42 Å². The molecule has 0 fully saturated rings. The number of carbonyl (C=O) groups is 1. The van der Waals surface area contributed by atoms with E-state index >= 15 is 0 Å². The van der Waals surface area contributed by atoms with E-state index in [1.54, 1.807) is 25.1 Å². The number of benzene rings is 2. The number of anilines is 1. The van der Waals surface area contributed by atoms with Crippen molar-refractivity contribution in [3.63, 3.8) is 0 Å². The first-order valence-corrected chi connectivity index (χ1v) is 12.0. The Bertz CT molecular complexity index is 1380. The third-order valence-electron chi connectivity index (χ3n) is 4.90. The molecule has 1 amide bonds. The van der Waals surface area contributed by atoms with E-state index in [0.717, 1.165) is 11.1 Å². The number of halogens is 1. The molecule has 11 nitrogen and oxygen atoms in total. The van der Waals surface area contributed by atoms with Gasteiger partial charge in [-0.2, -0.15) is 0 Å². The van der Waals surface area contributed by atoms with Crippen molar-refractivity contribution in [1.29, 1.82) is 1.45 Å². The van der Waals surface area contributed by atoms with Gasteiger partial charge in [0, 0.05) is 5.69 Å². The predicted molar refractivity (Wildman–Crippen MR) is 142 cm³/mol. The Hall–Kier alpha value is -4.39. The second kappa shape index (κ2) is 13.6. The number of nitrogens with one attached hydrogen (secondary N) is 2. The van der Waals surface area contributed by atoms with Crippen molar-refractivity contribution >= 4 is 27.6 Å². The molecule has 200 valence electrons. The standard InChI is InChI=1S/C23H26N6O5S.CH4.FH/c1-16-7-12-20(22(31)29(16)15-21(30)26-13-14-34-27-23(24)25)28-35(32,33)19-10-8-18(9-11-19)17-5-3-2-4-6-17;;/h2-12,28H,13-15H2,1H3,(H,26,30)(H4,24,25,27);1H4;1H/i/hT. The zero-order valence-electron chi connectivity index (χ0n) is 20.3. The first kappa shape index (κ1) is 28.8. The molecule has 2 aromatic carbocycles. The van der Waals surface area contributed by atoms with Gasteiger partial charge in [0.25, 0.3) is 17.0 Å². The van der Waals surface area contributed by atoms with Crippen molar-refractivity contribution in [2.45, 2.75) is 25.8 Å². The smallest absolute Gasteiger partial charge is 0.275 e. The highest BCUT2D eigenvalue weighted by Crippen LogP contribution is 2.22. The van der Waals surface area contributed by atoms with Gasteiger partial charge < -0.3 is 26.2 Å². The van der Waals surface area contributed by atoms with E-state index in [4.69, 9.17) is 21.0 Å². The number of sulfonamides is 1. The topological polar surface area (TPSA) is 171 Å². The average Bonchev–Trinajstić information content (AvgIpc) is 2.89. The van der Waals surface area contributed by atoms with E-state index in [0.29, 0.717) is 5.69 Å². The molecule has 0 saturated heterocycles. The quantitative estimate of drug-likeness (QED) is 0.132. The molecule has 6 N–H and O–H groups in total. The lowest BCUT2D eigenvalue weighted by molar-refractivity contribution is -0.122. The Morgan fingerprint density at radius 1 is 1.05 bits per heavy atom. The fourth-order valence-corrected chi connectivity index (χ4v) is 4.22. The summed E-state index contributed by atoms with van der Waals surface area (Å²) in [4.78, 5) is 29.9. The van der Waals surface area contributed by atoms with Crippen LogP contribution in [0.25, 0.3) is 11.1 Å². The van der Waals surface area contributed by atoms with Gasteiger partial charge in [0.15, 0.2) is 0 Å². The summed E-state index contributed by atoms with van der Waals surface area (Å²) in [6.07, 6.45) is 0. The van der Waals surface area contributed by atoms with E-state index in [-0.39, 0.29) is 43.7 Å². The maximum Gasteiger partial charge on any atom is 0.275 e. The van der Waals surface area contributed by atoms with E-state index in [2.05, 4.69) is 16.6 Å². The number of hydrogen-bond acceptors (Lipinski definition) is 6. The Morgan fingerprint density at radius 2 is 1.68 bits per heavy atom. The highest BCUT2D eigenvalue weighted by atomic mass is 32.2. The molecule has 0 radical (unpaired) electrons. The van der Waals surface area contributed by atoms with Gasteiger partial charge in [0.1, 0.15) is 18.8 Å². The normalized spacial score (nSPS) is 10.5. The van der Waals surface area contributed by atoms with Crippen molar-refractivity contribution in [1.82, 2.24) is 9.88 Å². The Labute approximate surface area is 216 Å². The number of carbonyl (C=O) groups excluding carboxylic acids is 1. The van der Waals surface area contributed by atoms with Gasteiger partial charge in [-0.1, -0.05) is 49.9 Å².